The number of fused-ring (bicyclic) bond motifs is 2. The van der Waals surface area contributed by atoms with Crippen LogP contribution in [-0.2, 0) is 30.3 Å². The van der Waals surface area contributed by atoms with E-state index in [9.17, 15) is 18.0 Å². The molecule has 0 spiro atoms. The largest absolute Gasteiger partial charge is 0.480 e. The molecule has 0 fully saturated rings. The average Bonchev–Trinajstić information content (AvgIpc) is 2.97. The van der Waals surface area contributed by atoms with E-state index in [-0.39, 0.29) is 16.8 Å². The topological polar surface area (TPSA) is 229 Å². The lowest BCUT2D eigenvalue weighted by Gasteiger charge is -2.13. The molecule has 0 radical (unpaired) electrons. The summed E-state index contributed by atoms with van der Waals surface area (Å²) in [7, 11) is -5.73. The summed E-state index contributed by atoms with van der Waals surface area (Å²) >= 11 is 0. The first-order valence-electron chi connectivity index (χ1n) is 13.8. The molecular weight excluding hydrogens is 587 g/mol. The minimum absolute atomic E-state index is 0.156. The highest BCUT2D eigenvalue weighted by atomic mass is 32.2. The number of carbonyl (C=O) groups excluding carboxylic acids is 1. The van der Waals surface area contributed by atoms with Gasteiger partial charge >= 0.3 is 29.2 Å². The Morgan fingerprint density at radius 3 is 2.05 bits per heavy atom. The Hall–Kier alpha value is -3.92. The molecule has 0 bridgehead atoms. The number of nitrogens with two attached hydrogens (primary N) is 3. The van der Waals surface area contributed by atoms with Crippen LogP contribution in [0, 0.1) is 5.92 Å². The molecule has 0 amide bonds. The molecule has 0 aliphatic heterocycles. The molecule has 3 aromatic carbocycles. The van der Waals surface area contributed by atoms with Gasteiger partial charge in [0.05, 0.1) is 5.52 Å². The molecule has 3 atom stereocenters. The minimum Gasteiger partial charge on any atom is -0.480 e. The fourth-order valence-electron chi connectivity index (χ4n) is 3.95. The maximum atomic E-state index is 12.7. The van der Waals surface area contributed by atoms with Gasteiger partial charge in [-0.15, -0.1) is 0 Å². The Kier molecular flexibility index (Phi) is 13.9. The van der Waals surface area contributed by atoms with Crippen LogP contribution in [-0.4, -0.2) is 65.6 Å². The van der Waals surface area contributed by atoms with E-state index in [4.69, 9.17) is 36.5 Å². The van der Waals surface area contributed by atoms with Gasteiger partial charge < -0.3 is 36.5 Å². The summed E-state index contributed by atoms with van der Waals surface area (Å²) < 4.78 is 30.2. The second kappa shape index (κ2) is 16.8. The maximum Gasteiger partial charge on any atom is 0.469 e. The highest BCUT2D eigenvalue weighted by Crippen LogP contribution is 2.24. The Morgan fingerprint density at radius 1 is 0.886 bits per heavy atom. The van der Waals surface area contributed by atoms with Crippen molar-refractivity contribution in [3.8, 4) is 0 Å². The zero-order valence-electron chi connectivity index (χ0n) is 24.8. The van der Waals surface area contributed by atoms with Gasteiger partial charge in [0.15, 0.2) is 0 Å². The molecule has 12 nitrogen and oxygen atoms in total. The fraction of sp³-hybridized carbons (Fsp3) is 0.300. The molecule has 236 valence electrons. The maximum absolute atomic E-state index is 12.7. The van der Waals surface area contributed by atoms with Gasteiger partial charge in [0, 0.05) is 17.5 Å². The Bertz CT molecular complexity index is 1640. The van der Waals surface area contributed by atoms with E-state index in [1.807, 2.05) is 56.3 Å². The number of hydrogen-bond donors (Lipinski definition) is 6. The molecule has 4 aromatic rings. The summed E-state index contributed by atoms with van der Waals surface area (Å²) in [5.74, 6) is -2.05. The third kappa shape index (κ3) is 11.0. The summed E-state index contributed by atoms with van der Waals surface area (Å²) in [5, 5.41) is 27.5. The van der Waals surface area contributed by atoms with Gasteiger partial charge in [0.2, 0.25) is 0 Å². The van der Waals surface area contributed by atoms with Crippen LogP contribution in [0.4, 0.5) is 0 Å². The van der Waals surface area contributed by atoms with Crippen molar-refractivity contribution in [3.63, 3.8) is 0 Å². The van der Waals surface area contributed by atoms with E-state index in [1.165, 1.54) is 19.2 Å². The van der Waals surface area contributed by atoms with Crippen molar-refractivity contribution in [1.82, 2.24) is 4.98 Å². The van der Waals surface area contributed by atoms with Gasteiger partial charge in [0.25, 0.3) is 0 Å². The first-order valence-corrected chi connectivity index (χ1v) is 15.2. The molecule has 9 N–H and O–H groups in total. The number of nitrogens with zero attached hydrogens (tertiary/aromatic N) is 1. The SMILES string of the molecule is CC(C)C[C@H](N)B(O)O.C[C@H](N)C(=O)O.N[C@@H](Cc1cccc2ccccc12)C(=O)OS(=O)(=O)c1cccc2cccnc12. The van der Waals surface area contributed by atoms with Crippen molar-refractivity contribution < 1.29 is 37.3 Å². The summed E-state index contributed by atoms with van der Waals surface area (Å²) in [6.45, 7) is 5.40. The number of benzene rings is 3. The summed E-state index contributed by atoms with van der Waals surface area (Å²) in [6.07, 6.45) is 2.29. The predicted octanol–water partition coefficient (Wildman–Crippen LogP) is 1.98. The normalized spacial score (nSPS) is 13.1. The standard InChI is InChI=1S/C22H18N2O4S.C5H14BNO2.C3H7NO2/c23-19(14-17-9-3-7-15-6-1-2-11-18(15)17)22(25)28-29(26,27)20-12-4-8-16-10-5-13-24-21(16)20;1-4(2)3-5(7)6(8)9;1-2(4)3(5)6/h1-13,19H,14,23H2;4-5,8-9H,3,7H2,1-2H3;2H,4H2,1H3,(H,5,6)/t19-;5-;2-/m000/s1. The van der Waals surface area contributed by atoms with Crippen LogP contribution < -0.4 is 17.2 Å². The van der Waals surface area contributed by atoms with Crippen LogP contribution >= 0.6 is 0 Å². The first kappa shape index (κ1) is 36.3. The molecule has 0 unspecified atom stereocenters. The molecule has 44 heavy (non-hydrogen) atoms. The highest BCUT2D eigenvalue weighted by Gasteiger charge is 2.27. The number of carboxylic acids is 1. The zero-order chi connectivity index (χ0) is 33.0. The molecule has 0 aliphatic rings. The number of aliphatic carboxylic acids is 1. The molecule has 4 rings (SSSR count). The molecule has 14 heteroatoms. The minimum atomic E-state index is -4.36. The number of rotatable bonds is 9. The molecule has 0 saturated heterocycles. The van der Waals surface area contributed by atoms with Crippen molar-refractivity contribution in [2.45, 2.75) is 56.5 Å². The van der Waals surface area contributed by atoms with E-state index < -0.39 is 47.2 Å². The smallest absolute Gasteiger partial charge is 0.469 e. The third-order valence-electron chi connectivity index (χ3n) is 6.20. The van der Waals surface area contributed by atoms with Gasteiger partial charge in [-0.25, -0.2) is 4.79 Å². The predicted molar refractivity (Wildman–Crippen MR) is 170 cm³/mol. The second-order valence-corrected chi connectivity index (χ2v) is 12.0. The van der Waals surface area contributed by atoms with E-state index in [1.54, 1.807) is 24.3 Å². The van der Waals surface area contributed by atoms with E-state index in [2.05, 4.69) is 4.98 Å². The average molecular weight is 627 g/mol. The highest BCUT2D eigenvalue weighted by molar-refractivity contribution is 7.87. The fourth-order valence-corrected chi connectivity index (χ4v) is 5.03. The van der Waals surface area contributed by atoms with Gasteiger partial charge in [-0.1, -0.05) is 74.5 Å². The summed E-state index contributed by atoms with van der Waals surface area (Å²) in [5.41, 5.74) is 17.2. The van der Waals surface area contributed by atoms with Crippen molar-refractivity contribution in [3.05, 3.63) is 84.6 Å². The number of carbonyl (C=O) groups is 2. The van der Waals surface area contributed by atoms with Crippen molar-refractivity contribution in [1.29, 1.82) is 0 Å². The van der Waals surface area contributed by atoms with Crippen LogP contribution in [0.3, 0.4) is 0 Å². The van der Waals surface area contributed by atoms with Crippen LogP contribution in [0.15, 0.2) is 83.9 Å². The number of aromatic nitrogens is 1. The van der Waals surface area contributed by atoms with E-state index in [0.717, 1.165) is 16.3 Å². The lowest BCUT2D eigenvalue weighted by atomic mass is 9.76. The van der Waals surface area contributed by atoms with E-state index >= 15 is 0 Å². The summed E-state index contributed by atoms with van der Waals surface area (Å²) in [6, 6.07) is 19.6. The van der Waals surface area contributed by atoms with Crippen molar-refractivity contribution in [2.75, 3.05) is 0 Å². The Balaban J connectivity index is 0.000000374. The molecule has 1 aromatic heterocycles. The summed E-state index contributed by atoms with van der Waals surface area (Å²) in [4.78, 5) is 26.0. The monoisotopic (exact) mass is 626 g/mol. The molecule has 1 heterocycles. The van der Waals surface area contributed by atoms with Crippen LogP contribution in [0.2, 0.25) is 0 Å². The second-order valence-electron chi connectivity index (χ2n) is 10.5. The van der Waals surface area contributed by atoms with Crippen LogP contribution in [0.5, 0.6) is 0 Å². The quantitative estimate of drug-likeness (QED) is 0.116. The number of carboxylic acid groups (broad SMARTS) is 1. The van der Waals surface area contributed by atoms with Gasteiger partial charge in [-0.2, -0.15) is 8.42 Å². The zero-order valence-corrected chi connectivity index (χ0v) is 25.6. The molecule has 0 aliphatic carbocycles. The lowest BCUT2D eigenvalue weighted by Crippen LogP contribution is -2.39. The van der Waals surface area contributed by atoms with Crippen LogP contribution in [0.25, 0.3) is 21.7 Å². The van der Waals surface area contributed by atoms with Gasteiger partial charge in [0.1, 0.15) is 17.0 Å². The molecule has 0 saturated carbocycles. The number of pyridine rings is 1. The van der Waals surface area contributed by atoms with Crippen molar-refractivity contribution in [2.24, 2.45) is 23.1 Å². The number of para-hydroxylation sites is 1. The number of hydrogen-bond acceptors (Lipinski definition) is 11. The molecular formula is C30H39BN4O8S. The first-order chi connectivity index (χ1) is 20.6. The Labute approximate surface area is 257 Å². The van der Waals surface area contributed by atoms with Crippen molar-refractivity contribution >= 4 is 50.9 Å². The van der Waals surface area contributed by atoms with Crippen LogP contribution in [0.1, 0.15) is 32.8 Å². The Morgan fingerprint density at radius 2 is 1.45 bits per heavy atom. The lowest BCUT2D eigenvalue weighted by molar-refractivity contribution is -0.138. The van der Waals surface area contributed by atoms with E-state index in [0.29, 0.717) is 17.7 Å². The third-order valence-corrected chi connectivity index (χ3v) is 7.45. The van der Waals surface area contributed by atoms with Gasteiger partial charge in [-0.05, 0) is 54.2 Å². The van der Waals surface area contributed by atoms with Gasteiger partial charge in [-0.3, -0.25) is 9.78 Å².